The summed E-state index contributed by atoms with van der Waals surface area (Å²) in [7, 11) is 2.14. The lowest BCUT2D eigenvalue weighted by atomic mass is 9.97. The number of piperidine rings is 1. The summed E-state index contributed by atoms with van der Waals surface area (Å²) in [5.41, 5.74) is 0.638. The van der Waals surface area contributed by atoms with Crippen LogP contribution in [0, 0.1) is 11.7 Å². The molecule has 0 bridgehead atoms. The maximum Gasteiger partial charge on any atom is 0.126 e. The molecule has 0 aromatic heterocycles. The number of likely N-dealkylation sites (tertiary alicyclic amines) is 1. The third-order valence-electron chi connectivity index (χ3n) is 3.41. The molecule has 1 aliphatic rings. The van der Waals surface area contributed by atoms with Crippen molar-refractivity contribution in [2.75, 3.05) is 32.0 Å². The van der Waals surface area contributed by atoms with Gasteiger partial charge in [0, 0.05) is 6.54 Å². The van der Waals surface area contributed by atoms with Crippen LogP contribution < -0.4 is 5.32 Å². The van der Waals surface area contributed by atoms with Crippen molar-refractivity contribution >= 4 is 28.9 Å². The first-order valence-electron chi connectivity index (χ1n) is 6.13. The molecule has 1 saturated heterocycles. The normalized spacial score (nSPS) is 18.0. The van der Waals surface area contributed by atoms with Crippen molar-refractivity contribution in [2.24, 2.45) is 5.92 Å². The van der Waals surface area contributed by atoms with Crippen LogP contribution in [0.15, 0.2) is 12.1 Å². The Labute approximate surface area is 117 Å². The molecular formula is C13H17Cl2FN2. The van der Waals surface area contributed by atoms with Crippen molar-refractivity contribution in [1.82, 2.24) is 4.90 Å². The highest BCUT2D eigenvalue weighted by molar-refractivity contribution is 6.39. The Kier molecular flexibility index (Phi) is 4.71. The molecule has 100 valence electrons. The Hall–Kier alpha value is -0.510. The minimum Gasteiger partial charge on any atom is -0.382 e. The second kappa shape index (κ2) is 6.09. The van der Waals surface area contributed by atoms with Crippen molar-refractivity contribution in [2.45, 2.75) is 12.8 Å². The Morgan fingerprint density at radius 3 is 2.39 bits per heavy atom. The van der Waals surface area contributed by atoms with Gasteiger partial charge in [-0.3, -0.25) is 0 Å². The minimum atomic E-state index is -0.408. The van der Waals surface area contributed by atoms with Crippen LogP contribution in [0.4, 0.5) is 10.1 Å². The zero-order valence-electron chi connectivity index (χ0n) is 10.3. The van der Waals surface area contributed by atoms with E-state index >= 15 is 0 Å². The average molecular weight is 291 g/mol. The van der Waals surface area contributed by atoms with Crippen LogP contribution in [0.1, 0.15) is 12.8 Å². The fourth-order valence-electron chi connectivity index (χ4n) is 2.22. The lowest BCUT2D eigenvalue weighted by Crippen LogP contribution is -2.33. The van der Waals surface area contributed by atoms with Gasteiger partial charge >= 0.3 is 0 Å². The molecule has 0 unspecified atom stereocenters. The number of rotatable bonds is 3. The highest BCUT2D eigenvalue weighted by Crippen LogP contribution is 2.32. The quantitative estimate of drug-likeness (QED) is 0.909. The zero-order chi connectivity index (χ0) is 13.1. The summed E-state index contributed by atoms with van der Waals surface area (Å²) in [6.45, 7) is 3.08. The molecule has 0 atom stereocenters. The number of hydrogen-bond donors (Lipinski definition) is 1. The summed E-state index contributed by atoms with van der Waals surface area (Å²) in [4.78, 5) is 2.33. The van der Waals surface area contributed by atoms with Crippen LogP contribution in [0.25, 0.3) is 0 Å². The predicted molar refractivity (Wildman–Crippen MR) is 75.1 cm³/mol. The van der Waals surface area contributed by atoms with Crippen molar-refractivity contribution in [3.8, 4) is 0 Å². The second-order valence-corrected chi connectivity index (χ2v) is 5.69. The molecule has 1 heterocycles. The molecule has 0 aliphatic carbocycles. The van der Waals surface area contributed by atoms with Crippen LogP contribution in [0.2, 0.25) is 10.0 Å². The van der Waals surface area contributed by atoms with E-state index in [0.717, 1.165) is 19.6 Å². The van der Waals surface area contributed by atoms with Crippen LogP contribution in [-0.4, -0.2) is 31.6 Å². The molecule has 2 nitrogen and oxygen atoms in total. The number of nitrogens with zero attached hydrogens (tertiary/aromatic N) is 1. The molecule has 0 radical (unpaired) electrons. The highest BCUT2D eigenvalue weighted by atomic mass is 35.5. The molecule has 1 fully saturated rings. The van der Waals surface area contributed by atoms with E-state index in [2.05, 4.69) is 17.3 Å². The average Bonchev–Trinajstić information content (AvgIpc) is 2.30. The van der Waals surface area contributed by atoms with Gasteiger partial charge < -0.3 is 10.2 Å². The Morgan fingerprint density at radius 1 is 1.28 bits per heavy atom. The lowest BCUT2D eigenvalue weighted by molar-refractivity contribution is 0.226. The van der Waals surface area contributed by atoms with Gasteiger partial charge in [-0.05, 0) is 51.0 Å². The Bertz CT molecular complexity index is 394. The van der Waals surface area contributed by atoms with Gasteiger partial charge in [0.05, 0.1) is 15.7 Å². The van der Waals surface area contributed by atoms with E-state index in [-0.39, 0.29) is 0 Å². The first-order valence-corrected chi connectivity index (χ1v) is 6.89. The number of anilines is 1. The standard InChI is InChI=1S/C13H17Cl2FN2/c1-18-4-2-9(3-5-18)8-17-13-11(14)6-10(16)7-12(13)15/h6-7,9,17H,2-5,8H2,1H3. The zero-order valence-corrected chi connectivity index (χ0v) is 11.9. The third kappa shape index (κ3) is 3.50. The van der Waals surface area contributed by atoms with Crippen molar-refractivity contribution < 1.29 is 4.39 Å². The van der Waals surface area contributed by atoms with Gasteiger partial charge in [0.15, 0.2) is 0 Å². The van der Waals surface area contributed by atoms with E-state index < -0.39 is 5.82 Å². The summed E-state index contributed by atoms with van der Waals surface area (Å²) >= 11 is 12.0. The number of nitrogens with one attached hydrogen (secondary N) is 1. The topological polar surface area (TPSA) is 15.3 Å². The van der Waals surface area contributed by atoms with Gasteiger partial charge in [-0.1, -0.05) is 23.2 Å². The largest absolute Gasteiger partial charge is 0.382 e. The van der Waals surface area contributed by atoms with E-state index in [1.165, 1.54) is 25.0 Å². The van der Waals surface area contributed by atoms with Gasteiger partial charge in [-0.15, -0.1) is 0 Å². The van der Waals surface area contributed by atoms with Crippen LogP contribution >= 0.6 is 23.2 Å². The maximum atomic E-state index is 13.0. The van der Waals surface area contributed by atoms with Crippen LogP contribution in [0.5, 0.6) is 0 Å². The molecule has 0 spiro atoms. The van der Waals surface area contributed by atoms with Gasteiger partial charge in [0.2, 0.25) is 0 Å². The second-order valence-electron chi connectivity index (χ2n) is 4.87. The molecule has 1 N–H and O–H groups in total. The Morgan fingerprint density at radius 2 is 1.83 bits per heavy atom. The lowest BCUT2D eigenvalue weighted by Gasteiger charge is -2.29. The van der Waals surface area contributed by atoms with Crippen molar-refractivity contribution in [1.29, 1.82) is 0 Å². The van der Waals surface area contributed by atoms with Gasteiger partial charge in [-0.2, -0.15) is 0 Å². The summed E-state index contributed by atoms with van der Waals surface area (Å²) < 4.78 is 13.0. The van der Waals surface area contributed by atoms with E-state index in [1.807, 2.05) is 0 Å². The van der Waals surface area contributed by atoms with Crippen LogP contribution in [-0.2, 0) is 0 Å². The number of halogens is 3. The first kappa shape index (κ1) is 13.9. The predicted octanol–water partition coefficient (Wildman–Crippen LogP) is 3.89. The fourth-order valence-corrected chi connectivity index (χ4v) is 2.82. The van der Waals surface area contributed by atoms with Gasteiger partial charge in [0.25, 0.3) is 0 Å². The summed E-state index contributed by atoms with van der Waals surface area (Å²) in [5.74, 6) is 0.216. The molecule has 5 heteroatoms. The molecule has 0 saturated carbocycles. The molecular weight excluding hydrogens is 274 g/mol. The Balaban J connectivity index is 1.94. The summed E-state index contributed by atoms with van der Waals surface area (Å²) in [5, 5.41) is 3.93. The molecule has 1 aromatic rings. The van der Waals surface area contributed by atoms with Crippen molar-refractivity contribution in [3.63, 3.8) is 0 Å². The SMILES string of the molecule is CN1CCC(CNc2c(Cl)cc(F)cc2Cl)CC1. The number of benzene rings is 1. The van der Waals surface area contributed by atoms with Gasteiger partial charge in [-0.25, -0.2) is 4.39 Å². The van der Waals surface area contributed by atoms with Crippen molar-refractivity contribution in [3.05, 3.63) is 28.0 Å². The summed E-state index contributed by atoms with van der Waals surface area (Å²) in [6.07, 6.45) is 2.33. The smallest absolute Gasteiger partial charge is 0.126 e. The molecule has 18 heavy (non-hydrogen) atoms. The molecule has 1 aromatic carbocycles. The van der Waals surface area contributed by atoms with E-state index in [9.17, 15) is 4.39 Å². The maximum absolute atomic E-state index is 13.0. The molecule has 2 rings (SSSR count). The fraction of sp³-hybridized carbons (Fsp3) is 0.538. The highest BCUT2D eigenvalue weighted by Gasteiger charge is 2.17. The van der Waals surface area contributed by atoms with E-state index in [1.54, 1.807) is 0 Å². The monoisotopic (exact) mass is 290 g/mol. The van der Waals surface area contributed by atoms with E-state index in [0.29, 0.717) is 21.7 Å². The third-order valence-corrected chi connectivity index (χ3v) is 4.01. The summed E-state index contributed by atoms with van der Waals surface area (Å²) in [6, 6.07) is 2.56. The first-order chi connectivity index (χ1) is 8.56. The van der Waals surface area contributed by atoms with Crippen LogP contribution in [0.3, 0.4) is 0 Å². The minimum absolute atomic E-state index is 0.341. The number of hydrogen-bond acceptors (Lipinski definition) is 2. The molecule has 1 aliphatic heterocycles. The molecule has 0 amide bonds. The van der Waals surface area contributed by atoms with Gasteiger partial charge in [0.1, 0.15) is 5.82 Å². The van der Waals surface area contributed by atoms with E-state index in [4.69, 9.17) is 23.2 Å².